The van der Waals surface area contributed by atoms with Gasteiger partial charge in [-0.05, 0) is 67.7 Å². The minimum atomic E-state index is 0.0767. The summed E-state index contributed by atoms with van der Waals surface area (Å²) in [5.74, 6) is 1.80. The van der Waals surface area contributed by atoms with Gasteiger partial charge in [0.2, 0.25) is 5.95 Å². The molecular weight excluding hydrogens is 470 g/mol. The lowest BCUT2D eigenvalue weighted by atomic mass is 9.73. The van der Waals surface area contributed by atoms with E-state index in [9.17, 15) is 0 Å². The van der Waals surface area contributed by atoms with Crippen LogP contribution >= 0.6 is 11.8 Å². The quantitative estimate of drug-likeness (QED) is 0.374. The van der Waals surface area contributed by atoms with Crippen molar-refractivity contribution >= 4 is 34.8 Å². The van der Waals surface area contributed by atoms with Crippen molar-refractivity contribution in [3.05, 3.63) is 53.6 Å². The predicted molar refractivity (Wildman–Crippen MR) is 140 cm³/mol. The molecule has 2 fully saturated rings. The number of piperidine rings is 1. The topological polar surface area (TPSA) is 122 Å². The maximum absolute atomic E-state index is 6.73. The smallest absolute Gasteiger partial charge is 0.206 e. The van der Waals surface area contributed by atoms with Crippen LogP contribution in [0.15, 0.2) is 46.8 Å². The van der Waals surface area contributed by atoms with Crippen LogP contribution in [0.5, 0.6) is 0 Å². The van der Waals surface area contributed by atoms with Gasteiger partial charge in [0.05, 0.1) is 6.20 Å². The van der Waals surface area contributed by atoms with Gasteiger partial charge < -0.3 is 20.9 Å². The molecule has 0 radical (unpaired) electrons. The number of nitrogens with two attached hydrogens (primary N) is 1. The molecule has 10 heteroatoms. The summed E-state index contributed by atoms with van der Waals surface area (Å²) in [6, 6.07) is 4.77. The monoisotopic (exact) mass is 499 g/mol. The van der Waals surface area contributed by atoms with Crippen LogP contribution in [0.25, 0.3) is 11.3 Å². The van der Waals surface area contributed by atoms with E-state index in [2.05, 4.69) is 43.1 Å². The van der Waals surface area contributed by atoms with Crippen LogP contribution < -0.4 is 16.0 Å². The van der Waals surface area contributed by atoms with E-state index in [0.717, 1.165) is 65.3 Å². The van der Waals surface area contributed by atoms with Crippen molar-refractivity contribution in [2.45, 2.75) is 61.0 Å². The second kappa shape index (κ2) is 8.41. The minimum Gasteiger partial charge on any atom is -0.367 e. The highest BCUT2D eigenvalue weighted by Crippen LogP contribution is 2.50. The molecule has 1 saturated carbocycles. The normalized spacial score (nSPS) is 20.7. The van der Waals surface area contributed by atoms with E-state index in [1.807, 2.05) is 24.7 Å². The van der Waals surface area contributed by atoms with Crippen LogP contribution in [0.4, 0.5) is 11.8 Å². The molecule has 0 unspecified atom stereocenters. The van der Waals surface area contributed by atoms with E-state index in [1.54, 1.807) is 18.0 Å². The number of anilines is 2. The number of hydrogen-bond donors (Lipinski definition) is 3. The Balaban J connectivity index is 1.07. The number of nitrogens with one attached hydrogen (secondary N) is 2. The molecule has 4 aromatic rings. The Hall–Kier alpha value is -3.24. The highest BCUT2D eigenvalue weighted by atomic mass is 32.2. The molecule has 0 bridgehead atoms. The van der Waals surface area contributed by atoms with Gasteiger partial charge >= 0.3 is 0 Å². The maximum Gasteiger partial charge on any atom is 0.206 e. The molecule has 1 saturated heterocycles. The van der Waals surface area contributed by atoms with Crippen LogP contribution in [0.2, 0.25) is 0 Å². The Kier molecular flexibility index (Phi) is 5.14. The van der Waals surface area contributed by atoms with Crippen LogP contribution in [0.1, 0.15) is 48.4 Å². The molecule has 1 aliphatic heterocycles. The Labute approximate surface area is 213 Å². The number of rotatable bonds is 5. The Morgan fingerprint density at radius 2 is 1.97 bits per heavy atom. The SMILES string of the molecule is Cc1c(Sc2cnc3nc(N4CCC5(CC4)Cc4cnccc4[C@@H]5N)[nH]c3n2)ccnc1NC1CC1. The van der Waals surface area contributed by atoms with Gasteiger partial charge in [-0.1, -0.05) is 11.8 Å². The van der Waals surface area contributed by atoms with Gasteiger partial charge in [0.25, 0.3) is 0 Å². The average Bonchev–Trinajstić information content (AvgIpc) is 3.55. The molecule has 0 aromatic carbocycles. The molecule has 4 aromatic heterocycles. The van der Waals surface area contributed by atoms with Gasteiger partial charge in [-0.3, -0.25) is 4.98 Å². The fourth-order valence-corrected chi connectivity index (χ4v) is 6.48. The number of nitrogens with zero attached hydrogens (tertiary/aromatic N) is 6. The van der Waals surface area contributed by atoms with Crippen molar-refractivity contribution in [1.82, 2.24) is 29.9 Å². The number of aromatic nitrogens is 6. The number of H-pyrrole nitrogens is 1. The van der Waals surface area contributed by atoms with Gasteiger partial charge in [-0.2, -0.15) is 4.98 Å². The lowest BCUT2D eigenvalue weighted by Crippen LogP contribution is -2.44. The Morgan fingerprint density at radius 3 is 2.78 bits per heavy atom. The zero-order chi connectivity index (χ0) is 24.3. The van der Waals surface area contributed by atoms with Crippen molar-refractivity contribution in [2.24, 2.45) is 11.1 Å². The molecule has 7 rings (SSSR count). The maximum atomic E-state index is 6.73. The first-order valence-corrected chi connectivity index (χ1v) is 13.5. The summed E-state index contributed by atoms with van der Waals surface area (Å²) in [6.45, 7) is 3.92. The Bertz CT molecular complexity index is 1440. The van der Waals surface area contributed by atoms with E-state index >= 15 is 0 Å². The van der Waals surface area contributed by atoms with E-state index in [4.69, 9.17) is 15.7 Å². The van der Waals surface area contributed by atoms with Crippen LogP contribution in [0, 0.1) is 12.3 Å². The van der Waals surface area contributed by atoms with E-state index < -0.39 is 0 Å². The summed E-state index contributed by atoms with van der Waals surface area (Å²) < 4.78 is 0. The third kappa shape index (κ3) is 3.79. The number of aromatic amines is 1. The van der Waals surface area contributed by atoms with Crippen LogP contribution in [-0.2, 0) is 6.42 Å². The molecule has 3 aliphatic rings. The number of imidazole rings is 1. The molecular formula is C26H29N9S. The molecule has 4 N–H and O–H groups in total. The molecule has 1 spiro atoms. The molecule has 1 atom stereocenters. The number of pyridine rings is 2. The molecule has 0 amide bonds. The molecule has 36 heavy (non-hydrogen) atoms. The molecule has 2 aliphatic carbocycles. The first kappa shape index (κ1) is 22.0. The largest absolute Gasteiger partial charge is 0.367 e. The molecule has 184 valence electrons. The van der Waals surface area contributed by atoms with Gasteiger partial charge in [-0.25, -0.2) is 15.0 Å². The van der Waals surface area contributed by atoms with Gasteiger partial charge in [0.15, 0.2) is 11.3 Å². The van der Waals surface area contributed by atoms with Crippen molar-refractivity contribution < 1.29 is 0 Å². The highest BCUT2D eigenvalue weighted by molar-refractivity contribution is 7.99. The fourth-order valence-electron chi connectivity index (χ4n) is 5.63. The van der Waals surface area contributed by atoms with Gasteiger partial charge in [0, 0.05) is 54.2 Å². The molecule has 9 nitrogen and oxygen atoms in total. The van der Waals surface area contributed by atoms with E-state index in [0.29, 0.717) is 11.7 Å². The standard InChI is InChI=1S/C26H29N9S/c1-15-19(5-9-29-22(15)31-17-2-3-17)36-20-14-30-23-24(32-20)34-25(33-23)35-10-6-26(7-11-35)12-16-13-28-8-4-18(16)21(26)27/h4-5,8-9,13-14,17,21H,2-3,6-7,10-12,27H2,1H3,(H,29,31)(H,30,32,33,34)/t21-/m0/s1. The van der Waals surface area contributed by atoms with Gasteiger partial charge in [0.1, 0.15) is 10.8 Å². The third-order valence-corrected chi connectivity index (χ3v) is 9.07. The van der Waals surface area contributed by atoms with Crippen LogP contribution in [-0.4, -0.2) is 49.0 Å². The zero-order valence-corrected chi connectivity index (χ0v) is 21.1. The lowest BCUT2D eigenvalue weighted by Gasteiger charge is -2.42. The third-order valence-electron chi connectivity index (χ3n) is 8.00. The number of hydrogen-bond acceptors (Lipinski definition) is 9. The summed E-state index contributed by atoms with van der Waals surface area (Å²) in [5, 5.41) is 4.35. The highest BCUT2D eigenvalue weighted by Gasteiger charge is 2.46. The van der Waals surface area contributed by atoms with Gasteiger partial charge in [-0.15, -0.1) is 0 Å². The zero-order valence-electron chi connectivity index (χ0n) is 20.2. The average molecular weight is 500 g/mol. The summed E-state index contributed by atoms with van der Waals surface area (Å²) >= 11 is 1.61. The summed E-state index contributed by atoms with van der Waals surface area (Å²) in [6.07, 6.45) is 13.0. The van der Waals surface area contributed by atoms with Crippen molar-refractivity contribution in [1.29, 1.82) is 0 Å². The first-order valence-electron chi connectivity index (χ1n) is 12.6. The van der Waals surface area contributed by atoms with Crippen LogP contribution in [0.3, 0.4) is 0 Å². The second-order valence-corrected chi connectivity index (χ2v) is 11.4. The first-order chi connectivity index (χ1) is 17.6. The minimum absolute atomic E-state index is 0.0767. The summed E-state index contributed by atoms with van der Waals surface area (Å²) in [5.41, 5.74) is 11.9. The Morgan fingerprint density at radius 1 is 1.11 bits per heavy atom. The number of fused-ring (bicyclic) bond motifs is 2. The van der Waals surface area contributed by atoms with Crippen molar-refractivity contribution in [3.8, 4) is 0 Å². The predicted octanol–water partition coefficient (Wildman–Crippen LogP) is 4.02. The second-order valence-electron chi connectivity index (χ2n) is 10.3. The van der Waals surface area contributed by atoms with Crippen molar-refractivity contribution in [3.63, 3.8) is 0 Å². The van der Waals surface area contributed by atoms with Crippen molar-refractivity contribution in [2.75, 3.05) is 23.3 Å². The molecule has 5 heterocycles. The summed E-state index contributed by atoms with van der Waals surface area (Å²) in [7, 11) is 0. The lowest BCUT2D eigenvalue weighted by molar-refractivity contribution is 0.187. The summed E-state index contributed by atoms with van der Waals surface area (Å²) in [4.78, 5) is 29.9. The van der Waals surface area contributed by atoms with E-state index in [-0.39, 0.29) is 11.5 Å². The fraction of sp³-hybridized carbons (Fsp3) is 0.423. The van der Waals surface area contributed by atoms with E-state index in [1.165, 1.54) is 24.0 Å².